The maximum Gasteiger partial charge on any atom is 0.323 e. The van der Waals surface area contributed by atoms with Crippen molar-refractivity contribution in [3.63, 3.8) is 0 Å². The lowest BCUT2D eigenvalue weighted by Crippen LogP contribution is -2.44. The fourth-order valence-corrected chi connectivity index (χ4v) is 1.04. The molecule has 0 aliphatic carbocycles. The number of carboxylic acid groups (broad SMARTS) is 1. The molecule has 0 rings (SSSR count). The molecule has 0 saturated carbocycles. The highest BCUT2D eigenvalue weighted by molar-refractivity contribution is 5.78. The van der Waals surface area contributed by atoms with Crippen molar-refractivity contribution in [1.29, 1.82) is 5.41 Å². The van der Waals surface area contributed by atoms with E-state index >= 15 is 0 Å². The van der Waals surface area contributed by atoms with E-state index < -0.39 is 11.5 Å². The minimum Gasteiger partial charge on any atom is -0.480 e. The van der Waals surface area contributed by atoms with Gasteiger partial charge in [0.25, 0.3) is 0 Å². The molecule has 5 nitrogen and oxygen atoms in total. The minimum atomic E-state index is -1.19. The summed E-state index contributed by atoms with van der Waals surface area (Å²) in [6.07, 6.45) is 4.34. The van der Waals surface area contributed by atoms with Gasteiger partial charge in [0.05, 0.1) is 0 Å². The summed E-state index contributed by atoms with van der Waals surface area (Å²) in [4.78, 5) is 10.7. The first kappa shape index (κ1) is 14.8. The first-order valence-corrected chi connectivity index (χ1v) is 5.27. The average Bonchev–Trinajstić information content (AvgIpc) is 2.21. The Bertz CT molecular complexity index is 272. The van der Waals surface area contributed by atoms with E-state index in [1.54, 1.807) is 0 Å². The lowest BCUT2D eigenvalue weighted by atomic mass is 9.97. The number of hydrogen-bond acceptors (Lipinski definition) is 4. The molecule has 1 atom stereocenters. The quantitative estimate of drug-likeness (QED) is 0.279. The predicted octanol–water partition coefficient (Wildman–Crippen LogP) is 0.754. The van der Waals surface area contributed by atoms with Gasteiger partial charge in [-0.15, -0.1) is 0 Å². The van der Waals surface area contributed by atoms with Crippen LogP contribution in [-0.4, -0.2) is 35.9 Å². The average molecular weight is 227 g/mol. The van der Waals surface area contributed by atoms with E-state index in [1.807, 2.05) is 13.0 Å². The van der Waals surface area contributed by atoms with E-state index in [4.69, 9.17) is 16.2 Å². The molecule has 0 aromatic carbocycles. The van der Waals surface area contributed by atoms with Gasteiger partial charge in [0, 0.05) is 12.8 Å². The van der Waals surface area contributed by atoms with E-state index in [2.05, 4.69) is 5.32 Å². The van der Waals surface area contributed by atoms with Gasteiger partial charge in [-0.05, 0) is 33.2 Å². The molecule has 0 spiro atoms. The Kier molecular flexibility index (Phi) is 6.60. The molecule has 16 heavy (non-hydrogen) atoms. The highest BCUT2D eigenvalue weighted by Gasteiger charge is 2.25. The number of carboxylic acids is 1. The van der Waals surface area contributed by atoms with Crippen LogP contribution < -0.4 is 11.1 Å². The molecule has 0 bridgehead atoms. The number of aliphatic carboxylic acids is 1. The summed E-state index contributed by atoms with van der Waals surface area (Å²) in [6.45, 7) is 4.81. The normalized spacial score (nSPS) is 15.6. The number of hydrogen-bond donors (Lipinski definition) is 4. The zero-order valence-corrected chi connectivity index (χ0v) is 9.92. The van der Waals surface area contributed by atoms with Crippen LogP contribution in [0, 0.1) is 5.41 Å². The summed E-state index contributed by atoms with van der Waals surface area (Å²) in [5, 5.41) is 18.7. The highest BCUT2D eigenvalue weighted by Crippen LogP contribution is 2.10. The second kappa shape index (κ2) is 7.14. The summed E-state index contributed by atoms with van der Waals surface area (Å²) in [5.74, 6) is -0.988. The van der Waals surface area contributed by atoms with Crippen LogP contribution in [0.5, 0.6) is 0 Å². The highest BCUT2D eigenvalue weighted by atomic mass is 16.4. The maximum atomic E-state index is 10.7. The molecule has 0 radical (unpaired) electrons. The fraction of sp³-hybridized carbons (Fsp3) is 0.636. The predicted molar refractivity (Wildman–Crippen MR) is 64.9 cm³/mol. The van der Waals surface area contributed by atoms with Crippen molar-refractivity contribution < 1.29 is 9.90 Å². The van der Waals surface area contributed by atoms with Crippen molar-refractivity contribution in [3.05, 3.63) is 11.6 Å². The first-order valence-electron chi connectivity index (χ1n) is 5.27. The Morgan fingerprint density at radius 2 is 2.25 bits per heavy atom. The fourth-order valence-electron chi connectivity index (χ4n) is 1.04. The number of rotatable bonds is 8. The topological polar surface area (TPSA) is 99.2 Å². The summed E-state index contributed by atoms with van der Waals surface area (Å²) in [5.41, 5.74) is 5.51. The molecule has 1 unspecified atom stereocenters. The summed E-state index contributed by atoms with van der Waals surface area (Å²) in [7, 11) is 0. The van der Waals surface area contributed by atoms with Crippen LogP contribution in [0.3, 0.4) is 0 Å². The molecule has 5 N–H and O–H groups in total. The smallest absolute Gasteiger partial charge is 0.323 e. The Morgan fingerprint density at radius 1 is 1.62 bits per heavy atom. The van der Waals surface area contributed by atoms with Gasteiger partial charge < -0.3 is 21.6 Å². The number of nitrogens with one attached hydrogen (secondary N) is 2. The second-order valence-electron chi connectivity index (χ2n) is 4.14. The molecular formula is C11H21N3O2. The van der Waals surface area contributed by atoms with Gasteiger partial charge in [0.15, 0.2) is 0 Å². The third kappa shape index (κ3) is 6.31. The van der Waals surface area contributed by atoms with E-state index in [-0.39, 0.29) is 0 Å². The van der Waals surface area contributed by atoms with Gasteiger partial charge in [0.2, 0.25) is 0 Å². The summed E-state index contributed by atoms with van der Waals surface area (Å²) in [6, 6.07) is 0. The van der Waals surface area contributed by atoms with Crippen molar-refractivity contribution in [2.45, 2.75) is 32.2 Å². The molecule has 0 aromatic heterocycles. The van der Waals surface area contributed by atoms with Gasteiger partial charge in [-0.3, -0.25) is 4.79 Å². The summed E-state index contributed by atoms with van der Waals surface area (Å²) < 4.78 is 0. The SMILES string of the molecule is CC(=CCC(C)(N)C(=O)O)CCNCC=N. The summed E-state index contributed by atoms with van der Waals surface area (Å²) >= 11 is 0. The number of nitrogens with two attached hydrogens (primary N) is 1. The van der Waals surface area contributed by atoms with Gasteiger partial charge in [-0.2, -0.15) is 0 Å². The van der Waals surface area contributed by atoms with Crippen LogP contribution in [0.1, 0.15) is 26.7 Å². The first-order chi connectivity index (χ1) is 7.40. The maximum absolute atomic E-state index is 10.7. The standard InChI is InChI=1S/C11H21N3O2/c1-9(4-7-14-8-6-12)3-5-11(2,13)10(15)16/h3,6,12,14H,4-5,7-8,13H2,1-2H3,(H,15,16). The van der Waals surface area contributed by atoms with Crippen molar-refractivity contribution in [3.8, 4) is 0 Å². The Labute approximate surface area is 96.2 Å². The minimum absolute atomic E-state index is 0.332. The lowest BCUT2D eigenvalue weighted by Gasteiger charge is -2.17. The van der Waals surface area contributed by atoms with Gasteiger partial charge in [-0.25, -0.2) is 0 Å². The van der Waals surface area contributed by atoms with Gasteiger partial charge >= 0.3 is 5.97 Å². The van der Waals surface area contributed by atoms with Crippen LogP contribution >= 0.6 is 0 Å². The van der Waals surface area contributed by atoms with Crippen molar-refractivity contribution in [1.82, 2.24) is 5.32 Å². The second-order valence-corrected chi connectivity index (χ2v) is 4.14. The third-order valence-electron chi connectivity index (χ3n) is 2.31. The molecule has 0 aliphatic heterocycles. The number of carbonyl (C=O) groups is 1. The molecule has 0 saturated heterocycles. The molecule has 0 aliphatic rings. The van der Waals surface area contributed by atoms with E-state index in [0.29, 0.717) is 13.0 Å². The van der Waals surface area contributed by atoms with Crippen LogP contribution in [0.15, 0.2) is 11.6 Å². The Morgan fingerprint density at radius 3 is 2.75 bits per heavy atom. The largest absolute Gasteiger partial charge is 0.480 e. The molecule has 0 heterocycles. The Balaban J connectivity index is 3.95. The molecule has 0 fully saturated rings. The lowest BCUT2D eigenvalue weighted by molar-refractivity contribution is -0.142. The monoisotopic (exact) mass is 227 g/mol. The molecule has 92 valence electrons. The van der Waals surface area contributed by atoms with Crippen molar-refractivity contribution in [2.24, 2.45) is 5.73 Å². The van der Waals surface area contributed by atoms with E-state index in [0.717, 1.165) is 18.5 Å². The molecule has 5 heteroatoms. The van der Waals surface area contributed by atoms with Crippen LogP contribution in [0.25, 0.3) is 0 Å². The van der Waals surface area contributed by atoms with Crippen molar-refractivity contribution in [2.75, 3.05) is 13.1 Å². The molecule has 0 amide bonds. The molecular weight excluding hydrogens is 206 g/mol. The van der Waals surface area contributed by atoms with E-state index in [1.165, 1.54) is 13.1 Å². The Hall–Kier alpha value is -1.20. The molecule has 0 aromatic rings. The zero-order chi connectivity index (χ0) is 12.6. The van der Waals surface area contributed by atoms with Gasteiger partial charge in [-0.1, -0.05) is 11.6 Å². The van der Waals surface area contributed by atoms with E-state index in [9.17, 15) is 4.79 Å². The van der Waals surface area contributed by atoms with Gasteiger partial charge in [0.1, 0.15) is 5.54 Å². The zero-order valence-electron chi connectivity index (χ0n) is 9.92. The van der Waals surface area contributed by atoms with Crippen LogP contribution in [0.2, 0.25) is 0 Å². The van der Waals surface area contributed by atoms with Crippen LogP contribution in [-0.2, 0) is 4.79 Å². The van der Waals surface area contributed by atoms with Crippen LogP contribution in [0.4, 0.5) is 0 Å². The van der Waals surface area contributed by atoms with Crippen molar-refractivity contribution >= 4 is 12.2 Å². The third-order valence-corrected chi connectivity index (χ3v) is 2.31.